The van der Waals surface area contributed by atoms with Crippen molar-refractivity contribution in [1.29, 1.82) is 0 Å². The number of rotatable bonds is 6. The molecule has 28 heavy (non-hydrogen) atoms. The zero-order chi connectivity index (χ0) is 19.5. The minimum atomic E-state index is 0.0167. The molecule has 1 aliphatic carbocycles. The van der Waals surface area contributed by atoms with Crippen LogP contribution in [-0.4, -0.2) is 31.7 Å². The van der Waals surface area contributed by atoms with Crippen LogP contribution in [-0.2, 0) is 24.1 Å². The molecule has 1 amide bonds. The van der Waals surface area contributed by atoms with Crippen LogP contribution in [0, 0.1) is 5.92 Å². The van der Waals surface area contributed by atoms with E-state index in [2.05, 4.69) is 28.5 Å². The van der Waals surface area contributed by atoms with E-state index < -0.39 is 0 Å². The molecule has 0 spiro atoms. The number of aromatic nitrogens is 1. The number of methoxy groups -OCH3 is 2. The lowest BCUT2D eigenvalue weighted by Gasteiger charge is -2.22. The quantitative estimate of drug-likeness (QED) is 0.688. The van der Waals surface area contributed by atoms with Crippen LogP contribution in [0.4, 0.5) is 0 Å². The Kier molecular flexibility index (Phi) is 5.24. The molecule has 5 heteroatoms. The summed E-state index contributed by atoms with van der Waals surface area (Å²) in [5, 5.41) is 4.29. The summed E-state index contributed by atoms with van der Waals surface area (Å²) in [5.74, 6) is 1.85. The first-order valence-corrected chi connectivity index (χ1v) is 9.76. The van der Waals surface area contributed by atoms with Crippen molar-refractivity contribution >= 4 is 16.8 Å². The van der Waals surface area contributed by atoms with Gasteiger partial charge in [-0.15, -0.1) is 0 Å². The predicted molar refractivity (Wildman–Crippen MR) is 110 cm³/mol. The Hall–Kier alpha value is -2.95. The number of hydrogen-bond acceptors (Lipinski definition) is 3. The fourth-order valence-corrected chi connectivity index (χ4v) is 4.05. The first-order valence-electron chi connectivity index (χ1n) is 9.76. The van der Waals surface area contributed by atoms with E-state index in [0.717, 1.165) is 48.3 Å². The normalized spacial score (nSPS) is 15.9. The fourth-order valence-electron chi connectivity index (χ4n) is 4.05. The topological polar surface area (TPSA) is 63.3 Å². The third-order valence-electron chi connectivity index (χ3n) is 5.61. The zero-order valence-electron chi connectivity index (χ0n) is 16.4. The molecule has 3 aromatic rings. The molecule has 0 aliphatic heterocycles. The highest BCUT2D eigenvalue weighted by atomic mass is 16.5. The van der Waals surface area contributed by atoms with Gasteiger partial charge in [0, 0.05) is 29.1 Å². The lowest BCUT2D eigenvalue weighted by Crippen LogP contribution is -2.35. The second kappa shape index (κ2) is 7.97. The average molecular weight is 378 g/mol. The number of carbonyl (C=O) groups excluding carboxylic acids is 1. The highest BCUT2D eigenvalue weighted by Crippen LogP contribution is 2.33. The molecule has 4 rings (SSSR count). The molecule has 1 aromatic heterocycles. The fraction of sp³-hybridized carbons (Fsp3) is 0.348. The van der Waals surface area contributed by atoms with Gasteiger partial charge in [0.2, 0.25) is 5.91 Å². The molecule has 2 aromatic carbocycles. The van der Waals surface area contributed by atoms with Gasteiger partial charge in [-0.05, 0) is 67.1 Å². The second-order valence-electron chi connectivity index (χ2n) is 7.33. The predicted octanol–water partition coefficient (Wildman–Crippen LogP) is 3.65. The molecule has 0 radical (unpaired) electrons. The van der Waals surface area contributed by atoms with Crippen LogP contribution < -0.4 is 14.8 Å². The van der Waals surface area contributed by atoms with Crippen LogP contribution in [0.15, 0.2) is 42.5 Å². The number of ether oxygens (including phenoxy) is 2. The van der Waals surface area contributed by atoms with Gasteiger partial charge in [0.1, 0.15) is 11.5 Å². The van der Waals surface area contributed by atoms with E-state index in [1.807, 2.05) is 24.3 Å². The molecule has 1 aliphatic rings. The van der Waals surface area contributed by atoms with Crippen molar-refractivity contribution < 1.29 is 14.3 Å². The Labute approximate surface area is 165 Å². The largest absolute Gasteiger partial charge is 0.497 e. The maximum absolute atomic E-state index is 12.7. The minimum Gasteiger partial charge on any atom is -0.497 e. The molecule has 2 N–H and O–H groups in total. The summed E-state index contributed by atoms with van der Waals surface area (Å²) in [6, 6.07) is 14.1. The van der Waals surface area contributed by atoms with Crippen molar-refractivity contribution in [3.05, 3.63) is 59.3 Å². The number of aromatic amines is 1. The molecule has 1 unspecified atom stereocenters. The molecular weight excluding hydrogens is 352 g/mol. The van der Waals surface area contributed by atoms with Crippen LogP contribution in [0.5, 0.6) is 11.5 Å². The third kappa shape index (κ3) is 3.70. The van der Waals surface area contributed by atoms with E-state index in [1.165, 1.54) is 16.6 Å². The summed E-state index contributed by atoms with van der Waals surface area (Å²) in [6.07, 6.45) is 3.35. The van der Waals surface area contributed by atoms with Gasteiger partial charge >= 0.3 is 0 Å². The van der Waals surface area contributed by atoms with E-state index in [0.29, 0.717) is 6.54 Å². The molecule has 5 nitrogen and oxygen atoms in total. The maximum atomic E-state index is 12.7. The second-order valence-corrected chi connectivity index (χ2v) is 7.33. The monoisotopic (exact) mass is 378 g/mol. The van der Waals surface area contributed by atoms with Crippen molar-refractivity contribution in [3.63, 3.8) is 0 Å². The van der Waals surface area contributed by atoms with Gasteiger partial charge in [-0.25, -0.2) is 0 Å². The number of nitrogens with one attached hydrogen (secondary N) is 2. The molecular formula is C23H26N2O3. The number of fused-ring (bicyclic) bond motifs is 3. The number of carbonyl (C=O) groups is 1. The Morgan fingerprint density at radius 1 is 1.14 bits per heavy atom. The van der Waals surface area contributed by atoms with Crippen molar-refractivity contribution in [1.82, 2.24) is 10.3 Å². The van der Waals surface area contributed by atoms with Gasteiger partial charge in [0.25, 0.3) is 0 Å². The third-order valence-corrected chi connectivity index (χ3v) is 5.61. The first kappa shape index (κ1) is 18.4. The first-order chi connectivity index (χ1) is 13.7. The summed E-state index contributed by atoms with van der Waals surface area (Å²) in [7, 11) is 3.34. The van der Waals surface area contributed by atoms with Gasteiger partial charge in [-0.2, -0.15) is 0 Å². The van der Waals surface area contributed by atoms with Gasteiger partial charge in [-0.1, -0.05) is 12.1 Å². The number of aryl methyl sites for hydroxylation is 1. The van der Waals surface area contributed by atoms with Gasteiger partial charge < -0.3 is 19.8 Å². The van der Waals surface area contributed by atoms with Crippen molar-refractivity contribution in [2.75, 3.05) is 20.8 Å². The summed E-state index contributed by atoms with van der Waals surface area (Å²) < 4.78 is 10.6. The minimum absolute atomic E-state index is 0.0167. The maximum Gasteiger partial charge on any atom is 0.223 e. The van der Waals surface area contributed by atoms with Crippen molar-refractivity contribution in [2.24, 2.45) is 5.92 Å². The summed E-state index contributed by atoms with van der Waals surface area (Å²) in [6.45, 7) is 0.636. The number of amides is 1. The van der Waals surface area contributed by atoms with E-state index >= 15 is 0 Å². The van der Waals surface area contributed by atoms with E-state index in [-0.39, 0.29) is 11.8 Å². The van der Waals surface area contributed by atoms with Crippen LogP contribution >= 0.6 is 0 Å². The SMILES string of the molecule is COc1cccc(CCNC(=O)C2CCc3[nH]c4ccc(OC)cc4c3C2)c1. The van der Waals surface area contributed by atoms with E-state index in [4.69, 9.17) is 9.47 Å². The average Bonchev–Trinajstić information content (AvgIpc) is 3.10. The Bertz CT molecular complexity index is 993. The zero-order valence-corrected chi connectivity index (χ0v) is 16.4. The van der Waals surface area contributed by atoms with Crippen molar-refractivity contribution in [2.45, 2.75) is 25.7 Å². The molecule has 0 fully saturated rings. The Morgan fingerprint density at radius 2 is 1.96 bits per heavy atom. The van der Waals surface area contributed by atoms with E-state index in [9.17, 15) is 4.79 Å². The lowest BCUT2D eigenvalue weighted by atomic mass is 9.85. The molecule has 1 heterocycles. The number of H-pyrrole nitrogens is 1. The van der Waals surface area contributed by atoms with Crippen molar-refractivity contribution in [3.8, 4) is 11.5 Å². The lowest BCUT2D eigenvalue weighted by molar-refractivity contribution is -0.125. The standard InChI is InChI=1S/C23H26N2O3/c1-27-17-5-3-4-15(12-17)10-11-24-23(26)16-6-8-21-19(13-16)20-14-18(28-2)7-9-22(20)25-21/h3-5,7,9,12,14,16,25H,6,8,10-11,13H2,1-2H3,(H,24,26). The van der Waals surface area contributed by atoms with Gasteiger partial charge in [-0.3, -0.25) is 4.79 Å². The van der Waals surface area contributed by atoms with Crippen LogP contribution in [0.2, 0.25) is 0 Å². The van der Waals surface area contributed by atoms with Gasteiger partial charge in [0.15, 0.2) is 0 Å². The molecule has 0 saturated heterocycles. The van der Waals surface area contributed by atoms with Gasteiger partial charge in [0.05, 0.1) is 14.2 Å². The Balaban J connectivity index is 1.40. The summed E-state index contributed by atoms with van der Waals surface area (Å²) in [4.78, 5) is 16.2. The molecule has 0 bridgehead atoms. The highest BCUT2D eigenvalue weighted by Gasteiger charge is 2.27. The van der Waals surface area contributed by atoms with Crippen LogP contribution in [0.25, 0.3) is 10.9 Å². The van der Waals surface area contributed by atoms with Crippen LogP contribution in [0.3, 0.4) is 0 Å². The highest BCUT2D eigenvalue weighted by molar-refractivity contribution is 5.88. The van der Waals surface area contributed by atoms with E-state index in [1.54, 1.807) is 14.2 Å². The summed E-state index contributed by atoms with van der Waals surface area (Å²) in [5.41, 5.74) is 4.79. The Morgan fingerprint density at radius 3 is 2.79 bits per heavy atom. The molecule has 0 saturated carbocycles. The smallest absolute Gasteiger partial charge is 0.223 e. The van der Waals surface area contributed by atoms with Crippen LogP contribution in [0.1, 0.15) is 23.2 Å². The summed E-state index contributed by atoms with van der Waals surface area (Å²) >= 11 is 0. The number of benzene rings is 2. The molecule has 146 valence electrons. The number of hydrogen-bond donors (Lipinski definition) is 2. The molecule has 1 atom stereocenters.